The smallest absolute Gasteiger partial charge is 0.00727 e. The number of hydrogen-bond acceptors (Lipinski definition) is 2. The molecule has 1 heterocycles. The van der Waals surface area contributed by atoms with Gasteiger partial charge < -0.3 is 4.90 Å². The van der Waals surface area contributed by atoms with Crippen molar-refractivity contribution >= 4 is 11.8 Å². The number of nitrogens with zero attached hydrogens (tertiary/aromatic N) is 1. The van der Waals surface area contributed by atoms with E-state index in [1.165, 1.54) is 37.6 Å². The third-order valence-electron chi connectivity index (χ3n) is 4.19. The fourth-order valence-corrected chi connectivity index (χ4v) is 2.62. The lowest BCUT2D eigenvalue weighted by atomic mass is 9.67. The van der Waals surface area contributed by atoms with Crippen LogP contribution in [-0.4, -0.2) is 36.0 Å². The summed E-state index contributed by atoms with van der Waals surface area (Å²) in [5, 5.41) is 0. The molecule has 1 nitrogen and oxygen atoms in total. The summed E-state index contributed by atoms with van der Waals surface area (Å²) in [5.41, 5.74) is 0.856. The van der Waals surface area contributed by atoms with Gasteiger partial charge in [-0.1, -0.05) is 34.6 Å². The quantitative estimate of drug-likeness (QED) is 0.729. The molecule has 2 heteroatoms. The first-order chi connectivity index (χ1) is 6.83. The molecule has 0 aliphatic carbocycles. The molecule has 0 unspecified atom stereocenters. The molecule has 1 aliphatic rings. The number of thioether (sulfide) groups is 1. The summed E-state index contributed by atoms with van der Waals surface area (Å²) in [4.78, 5) is 2.63. The van der Waals surface area contributed by atoms with Gasteiger partial charge in [0.05, 0.1) is 0 Å². The molecule has 0 radical (unpaired) electrons. The van der Waals surface area contributed by atoms with Crippen molar-refractivity contribution in [1.29, 1.82) is 0 Å². The van der Waals surface area contributed by atoms with Crippen LogP contribution in [0.3, 0.4) is 0 Å². The highest BCUT2D eigenvalue weighted by molar-refractivity contribution is 7.99. The van der Waals surface area contributed by atoms with E-state index in [0.717, 1.165) is 0 Å². The number of rotatable bonds is 3. The van der Waals surface area contributed by atoms with Gasteiger partial charge in [-0.15, -0.1) is 0 Å². The van der Waals surface area contributed by atoms with Gasteiger partial charge in [0.25, 0.3) is 0 Å². The second kappa shape index (κ2) is 5.09. The summed E-state index contributed by atoms with van der Waals surface area (Å²) < 4.78 is 0. The van der Waals surface area contributed by atoms with Gasteiger partial charge in [-0.2, -0.15) is 11.8 Å². The van der Waals surface area contributed by atoms with Crippen LogP contribution in [0.2, 0.25) is 0 Å². The average molecular weight is 229 g/mol. The molecular weight excluding hydrogens is 202 g/mol. The zero-order valence-electron chi connectivity index (χ0n) is 11.1. The Morgan fingerprint density at radius 1 is 1.00 bits per heavy atom. The fourth-order valence-electron chi connectivity index (χ4n) is 1.64. The van der Waals surface area contributed by atoms with Gasteiger partial charge in [0.15, 0.2) is 0 Å². The van der Waals surface area contributed by atoms with Crippen molar-refractivity contribution in [3.8, 4) is 0 Å². The van der Waals surface area contributed by atoms with Crippen LogP contribution in [0, 0.1) is 10.8 Å². The SMILES string of the molecule is CC(C)(C)C(C)(C)CCN1CCSCC1. The maximum atomic E-state index is 2.63. The van der Waals surface area contributed by atoms with Crippen LogP contribution in [0.25, 0.3) is 0 Å². The third kappa shape index (κ3) is 3.99. The van der Waals surface area contributed by atoms with E-state index >= 15 is 0 Å². The van der Waals surface area contributed by atoms with E-state index in [1.807, 2.05) is 0 Å². The summed E-state index contributed by atoms with van der Waals surface area (Å²) in [6.45, 7) is 15.8. The molecule has 0 bridgehead atoms. The van der Waals surface area contributed by atoms with Crippen molar-refractivity contribution in [3.05, 3.63) is 0 Å². The molecule has 0 saturated carbocycles. The summed E-state index contributed by atoms with van der Waals surface area (Å²) in [7, 11) is 0. The minimum absolute atomic E-state index is 0.414. The summed E-state index contributed by atoms with van der Waals surface area (Å²) >= 11 is 2.10. The van der Waals surface area contributed by atoms with Crippen LogP contribution in [0.5, 0.6) is 0 Å². The van der Waals surface area contributed by atoms with Crippen LogP contribution in [-0.2, 0) is 0 Å². The first-order valence-corrected chi connectivity index (χ1v) is 7.28. The lowest BCUT2D eigenvalue weighted by Gasteiger charge is -2.40. The molecule has 1 rings (SSSR count). The van der Waals surface area contributed by atoms with Crippen molar-refractivity contribution in [1.82, 2.24) is 4.90 Å². The van der Waals surface area contributed by atoms with Crippen LogP contribution < -0.4 is 0 Å². The zero-order chi connectivity index (χ0) is 11.5. The molecule has 0 amide bonds. The first kappa shape index (κ1) is 13.4. The standard InChI is InChI=1S/C13H27NS/c1-12(2,3)13(4,5)6-7-14-8-10-15-11-9-14/h6-11H2,1-5H3. The molecule has 0 aromatic carbocycles. The van der Waals surface area contributed by atoms with E-state index in [-0.39, 0.29) is 0 Å². The van der Waals surface area contributed by atoms with E-state index in [9.17, 15) is 0 Å². The molecule has 1 fully saturated rings. The molecule has 1 saturated heterocycles. The van der Waals surface area contributed by atoms with Crippen molar-refractivity contribution < 1.29 is 0 Å². The molecule has 0 aromatic rings. The molecular formula is C13H27NS. The van der Waals surface area contributed by atoms with Gasteiger partial charge in [0, 0.05) is 24.6 Å². The zero-order valence-corrected chi connectivity index (χ0v) is 11.9. The lowest BCUT2D eigenvalue weighted by Crippen LogP contribution is -2.38. The molecule has 0 N–H and O–H groups in total. The maximum Gasteiger partial charge on any atom is 0.00727 e. The Kier molecular flexibility index (Phi) is 4.54. The van der Waals surface area contributed by atoms with Crippen LogP contribution in [0.1, 0.15) is 41.0 Å². The van der Waals surface area contributed by atoms with E-state index < -0.39 is 0 Å². The van der Waals surface area contributed by atoms with Gasteiger partial charge in [0.2, 0.25) is 0 Å². The monoisotopic (exact) mass is 229 g/mol. The highest BCUT2D eigenvalue weighted by Crippen LogP contribution is 2.40. The maximum absolute atomic E-state index is 2.63. The normalized spacial score (nSPS) is 20.6. The van der Waals surface area contributed by atoms with E-state index in [0.29, 0.717) is 10.8 Å². The van der Waals surface area contributed by atoms with E-state index in [1.54, 1.807) is 0 Å². The van der Waals surface area contributed by atoms with Gasteiger partial charge in [-0.05, 0) is 23.8 Å². The highest BCUT2D eigenvalue weighted by atomic mass is 32.2. The molecule has 0 atom stereocenters. The second-order valence-corrected chi connectivity index (χ2v) is 7.56. The lowest BCUT2D eigenvalue weighted by molar-refractivity contribution is 0.101. The Bertz CT molecular complexity index is 187. The first-order valence-electron chi connectivity index (χ1n) is 6.13. The molecule has 1 aliphatic heterocycles. The van der Waals surface area contributed by atoms with Crippen molar-refractivity contribution in [2.24, 2.45) is 10.8 Å². The second-order valence-electron chi connectivity index (χ2n) is 6.34. The van der Waals surface area contributed by atoms with Gasteiger partial charge in [-0.3, -0.25) is 0 Å². The third-order valence-corrected chi connectivity index (χ3v) is 5.13. The van der Waals surface area contributed by atoms with Gasteiger partial charge in [0.1, 0.15) is 0 Å². The highest BCUT2D eigenvalue weighted by Gasteiger charge is 2.32. The predicted molar refractivity (Wildman–Crippen MR) is 71.6 cm³/mol. The summed E-state index contributed by atoms with van der Waals surface area (Å²) in [6.07, 6.45) is 1.32. The largest absolute Gasteiger partial charge is 0.302 e. The van der Waals surface area contributed by atoms with E-state index in [2.05, 4.69) is 51.3 Å². The average Bonchev–Trinajstić information content (AvgIpc) is 2.15. The van der Waals surface area contributed by atoms with Crippen molar-refractivity contribution in [2.75, 3.05) is 31.1 Å². The van der Waals surface area contributed by atoms with Crippen LogP contribution in [0.15, 0.2) is 0 Å². The minimum atomic E-state index is 0.414. The predicted octanol–water partition coefficient (Wildman–Crippen LogP) is 3.50. The Balaban J connectivity index is 2.35. The molecule has 90 valence electrons. The van der Waals surface area contributed by atoms with Crippen molar-refractivity contribution in [3.63, 3.8) is 0 Å². The minimum Gasteiger partial charge on any atom is -0.302 e. The Hall–Kier alpha value is 0.310. The van der Waals surface area contributed by atoms with E-state index in [4.69, 9.17) is 0 Å². The molecule has 0 aromatic heterocycles. The summed E-state index contributed by atoms with van der Waals surface area (Å²) in [5.74, 6) is 2.66. The van der Waals surface area contributed by atoms with Crippen LogP contribution in [0.4, 0.5) is 0 Å². The Morgan fingerprint density at radius 3 is 2.00 bits per heavy atom. The van der Waals surface area contributed by atoms with Crippen LogP contribution >= 0.6 is 11.8 Å². The fraction of sp³-hybridized carbons (Fsp3) is 1.00. The topological polar surface area (TPSA) is 3.24 Å². The van der Waals surface area contributed by atoms with Gasteiger partial charge >= 0.3 is 0 Å². The Labute approximate surface area is 100.0 Å². The number of hydrogen-bond donors (Lipinski definition) is 0. The molecule has 0 spiro atoms. The summed E-state index contributed by atoms with van der Waals surface area (Å²) in [6, 6.07) is 0. The molecule has 15 heavy (non-hydrogen) atoms. The van der Waals surface area contributed by atoms with Gasteiger partial charge in [-0.25, -0.2) is 0 Å². The Morgan fingerprint density at radius 2 is 1.53 bits per heavy atom. The van der Waals surface area contributed by atoms with Crippen molar-refractivity contribution in [2.45, 2.75) is 41.0 Å².